The molecule has 0 aliphatic rings. The Bertz CT molecular complexity index is 1300. The molecule has 1 heterocycles. The first-order valence-corrected chi connectivity index (χ1v) is 13.9. The van der Waals surface area contributed by atoms with E-state index in [0.717, 1.165) is 47.4 Å². The van der Waals surface area contributed by atoms with Crippen molar-refractivity contribution in [2.24, 2.45) is 0 Å². The Hall–Kier alpha value is -4.20. The SMILES string of the molecule is CCCCOC(=O)C(CC)Oc1cccc(CN(CCCOc2ccc(OC)cc2)c2nc3ccccc3o2)c1. The van der Waals surface area contributed by atoms with Gasteiger partial charge in [0.1, 0.15) is 22.8 Å². The van der Waals surface area contributed by atoms with Gasteiger partial charge in [0.15, 0.2) is 11.7 Å². The van der Waals surface area contributed by atoms with Crippen LogP contribution in [0.5, 0.6) is 17.2 Å². The number of oxazole rings is 1. The summed E-state index contributed by atoms with van der Waals surface area (Å²) in [6.45, 7) is 6.13. The highest BCUT2D eigenvalue weighted by molar-refractivity contribution is 5.75. The van der Waals surface area contributed by atoms with Crippen molar-refractivity contribution in [3.8, 4) is 17.2 Å². The number of carbonyl (C=O) groups excluding carboxylic acids is 1. The van der Waals surface area contributed by atoms with E-state index in [1.807, 2.05) is 79.7 Å². The number of ether oxygens (including phenoxy) is 4. The molecule has 0 saturated heterocycles. The fraction of sp³-hybridized carbons (Fsp3) is 0.375. The van der Waals surface area contributed by atoms with Gasteiger partial charge in [0.05, 0.1) is 20.3 Å². The molecule has 0 saturated carbocycles. The first kappa shape index (κ1) is 28.8. The molecular weight excluding hydrogens is 508 g/mol. The molecule has 3 aromatic carbocycles. The van der Waals surface area contributed by atoms with Crippen LogP contribution < -0.4 is 19.1 Å². The highest BCUT2D eigenvalue weighted by Crippen LogP contribution is 2.25. The van der Waals surface area contributed by atoms with Gasteiger partial charge in [-0.3, -0.25) is 0 Å². The van der Waals surface area contributed by atoms with Gasteiger partial charge in [-0.2, -0.15) is 4.98 Å². The molecule has 0 bridgehead atoms. The Balaban J connectivity index is 1.43. The molecule has 0 fully saturated rings. The Morgan fingerprint density at radius 3 is 2.48 bits per heavy atom. The van der Waals surface area contributed by atoms with Crippen LogP contribution in [-0.4, -0.2) is 43.9 Å². The molecule has 8 nitrogen and oxygen atoms in total. The number of unbranched alkanes of at least 4 members (excludes halogenated alkanes) is 1. The standard InChI is InChI=1S/C32H38N2O6/c1-4-6-20-38-31(35)29(5-2)39-27-12-9-11-24(22-27)23-34(32-33-28-13-7-8-14-30(28)40-32)19-10-21-37-26-17-15-25(36-3)16-18-26/h7-9,11-18,22,29H,4-6,10,19-21,23H2,1-3H3. The lowest BCUT2D eigenvalue weighted by molar-refractivity contribution is -0.152. The third-order valence-corrected chi connectivity index (χ3v) is 6.38. The van der Waals surface area contributed by atoms with E-state index in [1.54, 1.807) is 7.11 Å². The predicted molar refractivity (Wildman–Crippen MR) is 155 cm³/mol. The van der Waals surface area contributed by atoms with Crippen molar-refractivity contribution in [2.45, 2.75) is 52.2 Å². The molecule has 0 amide bonds. The van der Waals surface area contributed by atoms with Crippen LogP contribution in [0.2, 0.25) is 0 Å². The predicted octanol–water partition coefficient (Wildman–Crippen LogP) is 6.81. The van der Waals surface area contributed by atoms with E-state index in [9.17, 15) is 4.79 Å². The molecule has 0 N–H and O–H groups in total. The number of benzene rings is 3. The minimum Gasteiger partial charge on any atom is -0.497 e. The molecule has 1 atom stereocenters. The lowest BCUT2D eigenvalue weighted by Gasteiger charge is -2.22. The summed E-state index contributed by atoms with van der Waals surface area (Å²) in [5, 5.41) is 0. The Kier molecular flexibility index (Phi) is 10.7. The lowest BCUT2D eigenvalue weighted by Crippen LogP contribution is -2.29. The summed E-state index contributed by atoms with van der Waals surface area (Å²) >= 11 is 0. The number of carbonyl (C=O) groups is 1. The molecule has 40 heavy (non-hydrogen) atoms. The zero-order valence-corrected chi connectivity index (χ0v) is 23.5. The first-order chi connectivity index (χ1) is 19.6. The van der Waals surface area contributed by atoms with Crippen molar-refractivity contribution in [2.75, 3.05) is 31.8 Å². The summed E-state index contributed by atoms with van der Waals surface area (Å²) in [7, 11) is 1.64. The van der Waals surface area contributed by atoms with Gasteiger partial charge < -0.3 is 28.3 Å². The van der Waals surface area contributed by atoms with E-state index >= 15 is 0 Å². The third kappa shape index (κ3) is 8.15. The van der Waals surface area contributed by atoms with Crippen LogP contribution in [0.25, 0.3) is 11.1 Å². The number of aromatic nitrogens is 1. The maximum absolute atomic E-state index is 12.5. The quantitative estimate of drug-likeness (QED) is 0.112. The van der Waals surface area contributed by atoms with Crippen LogP contribution in [0.1, 0.15) is 45.1 Å². The van der Waals surface area contributed by atoms with Gasteiger partial charge in [0, 0.05) is 13.1 Å². The summed E-state index contributed by atoms with van der Waals surface area (Å²) in [5.74, 6) is 1.88. The number of fused-ring (bicyclic) bond motifs is 1. The summed E-state index contributed by atoms with van der Waals surface area (Å²) in [6.07, 6.45) is 2.45. The zero-order chi connectivity index (χ0) is 28.2. The monoisotopic (exact) mass is 546 g/mol. The van der Waals surface area contributed by atoms with E-state index in [-0.39, 0.29) is 5.97 Å². The molecule has 0 radical (unpaired) electrons. The largest absolute Gasteiger partial charge is 0.497 e. The van der Waals surface area contributed by atoms with Crippen LogP contribution >= 0.6 is 0 Å². The van der Waals surface area contributed by atoms with Crippen molar-refractivity contribution in [3.63, 3.8) is 0 Å². The molecule has 4 rings (SSSR count). The maximum Gasteiger partial charge on any atom is 0.347 e. The maximum atomic E-state index is 12.5. The molecule has 0 aliphatic carbocycles. The summed E-state index contributed by atoms with van der Waals surface area (Å²) in [6, 6.07) is 23.6. The van der Waals surface area contributed by atoms with E-state index in [0.29, 0.717) is 44.5 Å². The molecule has 4 aromatic rings. The van der Waals surface area contributed by atoms with Gasteiger partial charge >= 0.3 is 5.97 Å². The summed E-state index contributed by atoms with van der Waals surface area (Å²) < 4.78 is 28.7. The second-order valence-electron chi connectivity index (χ2n) is 9.45. The van der Waals surface area contributed by atoms with Gasteiger partial charge in [-0.1, -0.05) is 44.5 Å². The minimum absolute atomic E-state index is 0.327. The number of rotatable bonds is 16. The highest BCUT2D eigenvalue weighted by atomic mass is 16.6. The number of hydrogen-bond donors (Lipinski definition) is 0. The van der Waals surface area contributed by atoms with Crippen LogP contribution in [0, 0.1) is 0 Å². The topological polar surface area (TPSA) is 83.3 Å². The number of methoxy groups -OCH3 is 1. The summed E-state index contributed by atoms with van der Waals surface area (Å²) in [4.78, 5) is 19.3. The fourth-order valence-corrected chi connectivity index (χ4v) is 4.16. The number of anilines is 1. The van der Waals surface area contributed by atoms with E-state index < -0.39 is 6.10 Å². The van der Waals surface area contributed by atoms with Crippen molar-refractivity contribution in [1.29, 1.82) is 0 Å². The van der Waals surface area contributed by atoms with E-state index in [4.69, 9.17) is 28.3 Å². The molecule has 1 unspecified atom stereocenters. The number of para-hydroxylation sites is 2. The lowest BCUT2D eigenvalue weighted by atomic mass is 10.2. The van der Waals surface area contributed by atoms with Crippen LogP contribution in [0.3, 0.4) is 0 Å². The third-order valence-electron chi connectivity index (χ3n) is 6.38. The van der Waals surface area contributed by atoms with Crippen molar-refractivity contribution in [3.05, 3.63) is 78.4 Å². The Morgan fingerprint density at radius 2 is 1.73 bits per heavy atom. The van der Waals surface area contributed by atoms with Crippen LogP contribution in [0.4, 0.5) is 6.01 Å². The van der Waals surface area contributed by atoms with Gasteiger partial charge in [-0.25, -0.2) is 4.79 Å². The molecule has 1 aromatic heterocycles. The van der Waals surface area contributed by atoms with Gasteiger partial charge in [-0.05, 0) is 73.4 Å². The normalized spacial score (nSPS) is 11.7. The van der Waals surface area contributed by atoms with Crippen molar-refractivity contribution >= 4 is 23.1 Å². The first-order valence-electron chi connectivity index (χ1n) is 13.9. The van der Waals surface area contributed by atoms with Crippen LogP contribution in [0.15, 0.2) is 77.2 Å². The zero-order valence-electron chi connectivity index (χ0n) is 23.5. The second kappa shape index (κ2) is 14.8. The average molecular weight is 547 g/mol. The van der Waals surface area contributed by atoms with E-state index in [1.165, 1.54) is 0 Å². The van der Waals surface area contributed by atoms with Crippen molar-refractivity contribution < 1.29 is 28.2 Å². The molecule has 0 aliphatic heterocycles. The fourth-order valence-electron chi connectivity index (χ4n) is 4.16. The van der Waals surface area contributed by atoms with Crippen LogP contribution in [-0.2, 0) is 16.1 Å². The summed E-state index contributed by atoms with van der Waals surface area (Å²) in [5.41, 5.74) is 2.55. The Morgan fingerprint density at radius 1 is 0.925 bits per heavy atom. The highest BCUT2D eigenvalue weighted by Gasteiger charge is 2.21. The number of hydrogen-bond acceptors (Lipinski definition) is 8. The Labute approximate surface area is 235 Å². The molecular formula is C32H38N2O6. The average Bonchev–Trinajstić information content (AvgIpc) is 3.42. The van der Waals surface area contributed by atoms with Crippen molar-refractivity contribution in [1.82, 2.24) is 4.98 Å². The smallest absolute Gasteiger partial charge is 0.347 e. The van der Waals surface area contributed by atoms with E-state index in [2.05, 4.69) is 11.8 Å². The van der Waals surface area contributed by atoms with Gasteiger partial charge in [0.2, 0.25) is 0 Å². The van der Waals surface area contributed by atoms with Gasteiger partial charge in [0.25, 0.3) is 6.01 Å². The molecule has 8 heteroatoms. The number of esters is 1. The number of nitrogens with zero attached hydrogens (tertiary/aromatic N) is 2. The molecule has 0 spiro atoms. The van der Waals surface area contributed by atoms with Gasteiger partial charge in [-0.15, -0.1) is 0 Å². The second-order valence-corrected chi connectivity index (χ2v) is 9.45. The molecule has 212 valence electrons. The minimum atomic E-state index is -0.643.